The van der Waals surface area contributed by atoms with Gasteiger partial charge in [0.1, 0.15) is 5.82 Å². The maximum Gasteiger partial charge on any atom is 0.269 e. The van der Waals surface area contributed by atoms with Crippen molar-refractivity contribution in [2.45, 2.75) is 19.4 Å². The Morgan fingerprint density at radius 3 is 2.57 bits per heavy atom. The van der Waals surface area contributed by atoms with Crippen LogP contribution in [0.15, 0.2) is 30.4 Å². The third-order valence-corrected chi connectivity index (χ3v) is 3.68. The van der Waals surface area contributed by atoms with Crippen LogP contribution >= 0.6 is 24.8 Å². The summed E-state index contributed by atoms with van der Waals surface area (Å²) < 4.78 is 14.2. The first-order valence-electron chi connectivity index (χ1n) is 7.02. The lowest BCUT2D eigenvalue weighted by molar-refractivity contribution is -0.385. The summed E-state index contributed by atoms with van der Waals surface area (Å²) in [4.78, 5) is 12.6. The second-order valence-corrected chi connectivity index (χ2v) is 5.43. The predicted molar refractivity (Wildman–Crippen MR) is 94.2 cm³/mol. The molecule has 1 aromatic rings. The van der Waals surface area contributed by atoms with Crippen LogP contribution < -0.4 is 5.32 Å². The summed E-state index contributed by atoms with van der Waals surface area (Å²) in [6, 6.07) is 3.53. The number of hydrogen-bond donors (Lipinski definition) is 1. The van der Waals surface area contributed by atoms with Gasteiger partial charge in [-0.15, -0.1) is 31.4 Å². The summed E-state index contributed by atoms with van der Waals surface area (Å²) in [7, 11) is 0. The van der Waals surface area contributed by atoms with Gasteiger partial charge in [0.05, 0.1) is 4.92 Å². The molecule has 0 unspecified atom stereocenters. The van der Waals surface area contributed by atoms with Crippen molar-refractivity contribution in [1.29, 1.82) is 0 Å². The summed E-state index contributed by atoms with van der Waals surface area (Å²) in [6.45, 7) is 9.05. The average Bonchev–Trinajstić information content (AvgIpc) is 2.46. The van der Waals surface area contributed by atoms with E-state index in [1.54, 1.807) is 0 Å². The number of nitrogens with zero attached hydrogens (tertiary/aromatic N) is 2. The Morgan fingerprint density at radius 1 is 1.43 bits per heavy atom. The number of nitrogens with one attached hydrogen (secondary N) is 1. The number of benzene rings is 1. The van der Waals surface area contributed by atoms with Crippen molar-refractivity contribution in [2.24, 2.45) is 0 Å². The number of nitro benzene ring substituents is 1. The van der Waals surface area contributed by atoms with Crippen LogP contribution in [0.3, 0.4) is 0 Å². The summed E-state index contributed by atoms with van der Waals surface area (Å²) in [5, 5.41) is 14.2. The van der Waals surface area contributed by atoms with Crippen molar-refractivity contribution >= 4 is 30.5 Å². The van der Waals surface area contributed by atoms with Crippen molar-refractivity contribution in [2.75, 3.05) is 26.2 Å². The Bertz CT molecular complexity index is 552. The van der Waals surface area contributed by atoms with Crippen LogP contribution in [0.4, 0.5) is 10.1 Å². The summed E-state index contributed by atoms with van der Waals surface area (Å²) >= 11 is 0. The zero-order chi connectivity index (χ0) is 15.4. The minimum atomic E-state index is -0.488. The summed E-state index contributed by atoms with van der Waals surface area (Å²) in [5.74, 6) is -0.398. The highest BCUT2D eigenvalue weighted by Crippen LogP contribution is 2.31. The molecule has 0 aromatic heterocycles. The van der Waals surface area contributed by atoms with Crippen LogP contribution in [0.1, 0.15) is 24.9 Å². The van der Waals surface area contributed by atoms with Crippen molar-refractivity contribution in [3.63, 3.8) is 0 Å². The molecule has 1 aliphatic rings. The molecule has 1 aliphatic heterocycles. The van der Waals surface area contributed by atoms with E-state index in [1.165, 1.54) is 18.2 Å². The van der Waals surface area contributed by atoms with E-state index >= 15 is 0 Å². The Kier molecular flexibility index (Phi) is 9.31. The Balaban J connectivity index is 0.00000242. The van der Waals surface area contributed by atoms with Crippen LogP contribution in [0, 0.1) is 15.9 Å². The number of nitro groups is 1. The molecule has 130 valence electrons. The molecule has 1 aromatic carbocycles. The van der Waals surface area contributed by atoms with E-state index in [0.717, 1.165) is 31.8 Å². The first-order chi connectivity index (χ1) is 9.99. The number of rotatable bonds is 5. The fraction of sp³-hybridized carbons (Fsp3) is 0.467. The first-order valence-corrected chi connectivity index (χ1v) is 7.02. The smallest absolute Gasteiger partial charge is 0.269 e. The molecule has 0 aliphatic carbocycles. The Hall–Kier alpha value is -1.21. The van der Waals surface area contributed by atoms with Crippen molar-refractivity contribution < 1.29 is 9.31 Å². The van der Waals surface area contributed by atoms with E-state index in [2.05, 4.69) is 16.8 Å². The van der Waals surface area contributed by atoms with E-state index in [0.29, 0.717) is 12.0 Å². The molecule has 0 bridgehead atoms. The fourth-order valence-corrected chi connectivity index (χ4v) is 2.66. The molecule has 0 saturated carbocycles. The lowest BCUT2D eigenvalue weighted by atomic mass is 9.97. The third-order valence-electron chi connectivity index (χ3n) is 3.68. The van der Waals surface area contributed by atoms with Gasteiger partial charge in [-0.2, -0.15) is 0 Å². The molecular weight excluding hydrogens is 344 g/mol. The van der Waals surface area contributed by atoms with Gasteiger partial charge >= 0.3 is 0 Å². The van der Waals surface area contributed by atoms with Gasteiger partial charge in [-0.25, -0.2) is 4.39 Å². The predicted octanol–water partition coefficient (Wildman–Crippen LogP) is 3.49. The SMILES string of the molecule is C=C(C)C[C@H](c1cc([N+](=O)[O-])ccc1F)N1CCNCC1.Cl.Cl. The van der Waals surface area contributed by atoms with E-state index in [1.807, 2.05) is 6.92 Å². The maximum absolute atomic E-state index is 14.2. The molecule has 0 spiro atoms. The average molecular weight is 366 g/mol. The van der Waals surface area contributed by atoms with E-state index in [-0.39, 0.29) is 36.5 Å². The molecule has 1 N–H and O–H groups in total. The molecule has 1 saturated heterocycles. The molecule has 2 rings (SSSR count). The van der Waals surface area contributed by atoms with Gasteiger partial charge in [0, 0.05) is 49.9 Å². The first kappa shape index (κ1) is 21.8. The monoisotopic (exact) mass is 365 g/mol. The molecule has 1 heterocycles. The number of halogens is 3. The van der Waals surface area contributed by atoms with Gasteiger partial charge in [0.2, 0.25) is 0 Å². The normalized spacial score (nSPS) is 15.9. The van der Waals surface area contributed by atoms with Gasteiger partial charge in [-0.1, -0.05) is 5.57 Å². The lowest BCUT2D eigenvalue weighted by Gasteiger charge is -2.35. The highest BCUT2D eigenvalue weighted by atomic mass is 35.5. The largest absolute Gasteiger partial charge is 0.314 e. The minimum absolute atomic E-state index is 0. The van der Waals surface area contributed by atoms with Crippen molar-refractivity contribution in [3.05, 3.63) is 51.8 Å². The quantitative estimate of drug-likeness (QED) is 0.492. The van der Waals surface area contributed by atoms with Gasteiger partial charge < -0.3 is 5.32 Å². The van der Waals surface area contributed by atoms with Crippen LogP contribution in [-0.2, 0) is 0 Å². The molecular formula is C15H22Cl2FN3O2. The van der Waals surface area contributed by atoms with Crippen LogP contribution in [0.5, 0.6) is 0 Å². The van der Waals surface area contributed by atoms with E-state index in [4.69, 9.17) is 0 Å². The topological polar surface area (TPSA) is 58.4 Å². The molecule has 5 nitrogen and oxygen atoms in total. The second kappa shape index (κ2) is 9.82. The zero-order valence-electron chi connectivity index (χ0n) is 13.0. The zero-order valence-corrected chi connectivity index (χ0v) is 14.6. The third kappa shape index (κ3) is 5.73. The molecule has 0 radical (unpaired) electrons. The summed E-state index contributed by atoms with van der Waals surface area (Å²) in [5.41, 5.74) is 1.24. The van der Waals surface area contributed by atoms with Gasteiger partial charge in [-0.3, -0.25) is 15.0 Å². The van der Waals surface area contributed by atoms with Crippen molar-refractivity contribution in [1.82, 2.24) is 10.2 Å². The fourth-order valence-electron chi connectivity index (χ4n) is 2.66. The number of non-ortho nitro benzene ring substituents is 1. The second-order valence-electron chi connectivity index (χ2n) is 5.43. The van der Waals surface area contributed by atoms with E-state index < -0.39 is 10.7 Å². The Morgan fingerprint density at radius 2 is 2.04 bits per heavy atom. The molecule has 1 atom stereocenters. The molecule has 8 heteroatoms. The highest BCUT2D eigenvalue weighted by molar-refractivity contribution is 5.85. The number of piperazine rings is 1. The molecule has 0 amide bonds. The summed E-state index contributed by atoms with van der Waals surface area (Å²) in [6.07, 6.45) is 0.595. The minimum Gasteiger partial charge on any atom is -0.314 e. The van der Waals surface area contributed by atoms with E-state index in [9.17, 15) is 14.5 Å². The van der Waals surface area contributed by atoms with Crippen molar-refractivity contribution in [3.8, 4) is 0 Å². The van der Waals surface area contributed by atoms with Gasteiger partial charge in [0.25, 0.3) is 5.69 Å². The highest BCUT2D eigenvalue weighted by Gasteiger charge is 2.26. The lowest BCUT2D eigenvalue weighted by Crippen LogP contribution is -2.45. The maximum atomic E-state index is 14.2. The van der Waals surface area contributed by atoms with Crippen LogP contribution in [0.2, 0.25) is 0 Å². The van der Waals surface area contributed by atoms with Crippen LogP contribution in [0.25, 0.3) is 0 Å². The van der Waals surface area contributed by atoms with Gasteiger partial charge in [0.15, 0.2) is 0 Å². The molecule has 1 fully saturated rings. The van der Waals surface area contributed by atoms with Gasteiger partial charge in [-0.05, 0) is 19.4 Å². The molecule has 23 heavy (non-hydrogen) atoms. The van der Waals surface area contributed by atoms with Crippen LogP contribution in [-0.4, -0.2) is 36.0 Å². The Labute approximate surface area is 147 Å². The number of hydrogen-bond acceptors (Lipinski definition) is 4. The standard InChI is InChI=1S/C15H20FN3O2.2ClH/c1-11(2)9-15(18-7-5-17-6-8-18)13-10-12(19(20)21)3-4-14(13)16;;/h3-4,10,15,17H,1,5-9H2,2H3;2*1H/t15-;;/m1../s1.